The third-order valence-electron chi connectivity index (χ3n) is 9.03. The van der Waals surface area contributed by atoms with Crippen LogP contribution < -0.4 is 29.4 Å². The van der Waals surface area contributed by atoms with E-state index < -0.39 is 52.4 Å². The van der Waals surface area contributed by atoms with Gasteiger partial charge in [-0.25, -0.2) is 18.4 Å². The normalized spacial score (nSPS) is 23.1. The molecule has 16 heteroatoms. The first kappa shape index (κ1) is 30.0. The molecule has 8 rings (SSSR count). The van der Waals surface area contributed by atoms with Gasteiger partial charge in [-0.1, -0.05) is 0 Å². The number of anilines is 2. The molecule has 48 heavy (non-hydrogen) atoms. The number of ether oxygens (including phenoxy) is 4. The fourth-order valence-corrected chi connectivity index (χ4v) is 6.65. The first-order chi connectivity index (χ1) is 23.1. The van der Waals surface area contributed by atoms with Crippen LogP contribution >= 0.6 is 0 Å². The van der Waals surface area contributed by atoms with Crippen molar-refractivity contribution in [2.24, 2.45) is 0 Å². The fraction of sp³-hybridized carbons (Fsp3) is 0.375. The summed E-state index contributed by atoms with van der Waals surface area (Å²) in [5.74, 6) is -2.77. The number of halogens is 2. The van der Waals surface area contributed by atoms with Gasteiger partial charge in [0.25, 0.3) is 5.88 Å². The highest BCUT2D eigenvalue weighted by Gasteiger charge is 2.48. The largest absolute Gasteiger partial charge is 0.487 e. The lowest BCUT2D eigenvalue weighted by Gasteiger charge is -2.34. The van der Waals surface area contributed by atoms with E-state index in [2.05, 4.69) is 5.16 Å². The highest BCUT2D eigenvalue weighted by molar-refractivity contribution is 5.97. The quantitative estimate of drug-likeness (QED) is 0.268. The van der Waals surface area contributed by atoms with Gasteiger partial charge in [0, 0.05) is 30.8 Å². The third-order valence-corrected chi connectivity index (χ3v) is 9.03. The highest BCUT2D eigenvalue weighted by Crippen LogP contribution is 2.48. The predicted octanol–water partition coefficient (Wildman–Crippen LogP) is 3.49. The van der Waals surface area contributed by atoms with Crippen molar-refractivity contribution in [2.45, 2.75) is 43.1 Å². The van der Waals surface area contributed by atoms with Crippen molar-refractivity contribution in [3.05, 3.63) is 70.2 Å². The Hall–Kier alpha value is -5.38. The molecule has 1 aliphatic carbocycles. The summed E-state index contributed by atoms with van der Waals surface area (Å²) in [7, 11) is 0. The summed E-state index contributed by atoms with van der Waals surface area (Å²) in [5.41, 5.74) is -2.17. The number of carboxylic acid groups (broad SMARTS) is 1. The lowest BCUT2D eigenvalue weighted by Crippen LogP contribution is -2.41. The molecule has 0 spiro atoms. The van der Waals surface area contributed by atoms with Crippen LogP contribution in [0.3, 0.4) is 0 Å². The molecule has 14 nitrogen and oxygen atoms in total. The van der Waals surface area contributed by atoms with Crippen LogP contribution in [0.15, 0.2) is 52.1 Å². The Labute approximate surface area is 269 Å². The zero-order chi connectivity index (χ0) is 33.3. The number of benzene rings is 2. The molecule has 0 bridgehead atoms. The number of hydrogen-bond acceptors (Lipinski definition) is 11. The van der Waals surface area contributed by atoms with E-state index in [4.69, 9.17) is 23.5 Å². The number of carboxylic acids is 1. The Morgan fingerprint density at radius 1 is 1.10 bits per heavy atom. The molecule has 250 valence electrons. The molecular weight excluding hydrogens is 638 g/mol. The Balaban J connectivity index is 0.985. The number of hydrogen-bond donors (Lipinski definition) is 2. The van der Waals surface area contributed by atoms with Gasteiger partial charge >= 0.3 is 12.1 Å². The van der Waals surface area contributed by atoms with E-state index in [0.717, 1.165) is 25.0 Å². The maximum atomic E-state index is 15.8. The molecule has 5 heterocycles. The number of cyclic esters (lactones) is 1. The maximum Gasteiger partial charge on any atom is 0.414 e. The number of rotatable bonds is 9. The second kappa shape index (κ2) is 11.1. The van der Waals surface area contributed by atoms with Gasteiger partial charge in [-0.05, 0) is 36.2 Å². The monoisotopic (exact) mass is 666 g/mol. The van der Waals surface area contributed by atoms with Crippen molar-refractivity contribution >= 4 is 34.3 Å². The fourth-order valence-electron chi connectivity index (χ4n) is 6.65. The number of fused-ring (bicyclic) bond motifs is 5. The molecule has 0 radical (unpaired) electrons. The molecule has 3 atom stereocenters. The van der Waals surface area contributed by atoms with Gasteiger partial charge < -0.3 is 43.2 Å². The van der Waals surface area contributed by atoms with E-state index in [0.29, 0.717) is 5.52 Å². The van der Waals surface area contributed by atoms with Crippen LogP contribution in [0.25, 0.3) is 10.9 Å². The van der Waals surface area contributed by atoms with E-state index in [1.54, 1.807) is 9.47 Å². The van der Waals surface area contributed by atoms with E-state index in [1.165, 1.54) is 35.6 Å². The minimum Gasteiger partial charge on any atom is -0.487 e. The molecule has 4 aromatic rings. The lowest BCUT2D eigenvalue weighted by atomic mass is 10.0. The molecule has 3 aliphatic heterocycles. The van der Waals surface area contributed by atoms with Crippen molar-refractivity contribution in [1.82, 2.24) is 9.72 Å². The molecule has 4 aliphatic rings. The smallest absolute Gasteiger partial charge is 0.414 e. The van der Waals surface area contributed by atoms with Gasteiger partial charge in [-0.15, -0.1) is 0 Å². The zero-order valence-electron chi connectivity index (χ0n) is 25.1. The SMILES string of the molecule is O=C(O)c1cn(C2CC2)c2c3c(c(F)cc2c1=O)N1C[C@](O)(COc2ccc(N4C[C@H](COc5ccon5)OC4=O)cc2F)C[C@H]1CO3. The van der Waals surface area contributed by atoms with Gasteiger partial charge in [-0.3, -0.25) is 9.69 Å². The van der Waals surface area contributed by atoms with Gasteiger partial charge in [0.05, 0.1) is 35.7 Å². The first-order valence-corrected chi connectivity index (χ1v) is 15.3. The molecule has 1 saturated carbocycles. The summed E-state index contributed by atoms with van der Waals surface area (Å²) in [6.45, 7) is -0.207. The number of aromatic nitrogens is 2. The van der Waals surface area contributed by atoms with Crippen LogP contribution in [0.2, 0.25) is 0 Å². The van der Waals surface area contributed by atoms with Gasteiger partial charge in [0.1, 0.15) is 42.9 Å². The number of aliphatic hydroxyl groups is 1. The molecule has 2 aromatic heterocycles. The second-order valence-corrected chi connectivity index (χ2v) is 12.4. The van der Waals surface area contributed by atoms with Crippen LogP contribution in [-0.4, -0.2) is 82.7 Å². The average Bonchev–Trinajstić information content (AvgIpc) is 3.45. The van der Waals surface area contributed by atoms with Crippen LogP contribution in [0.1, 0.15) is 35.7 Å². The molecule has 1 amide bonds. The summed E-state index contributed by atoms with van der Waals surface area (Å²) < 4.78 is 59.8. The number of carbonyl (C=O) groups excluding carboxylic acids is 1. The molecule has 2 N–H and O–H groups in total. The lowest BCUT2D eigenvalue weighted by molar-refractivity contribution is 0.00980. The van der Waals surface area contributed by atoms with Crippen molar-refractivity contribution in [2.75, 3.05) is 42.7 Å². The Morgan fingerprint density at radius 2 is 1.94 bits per heavy atom. The molecule has 2 aromatic carbocycles. The summed E-state index contributed by atoms with van der Waals surface area (Å²) >= 11 is 0. The number of carbonyl (C=O) groups is 2. The number of pyridine rings is 1. The summed E-state index contributed by atoms with van der Waals surface area (Å²) in [5, 5.41) is 24.6. The topological polar surface area (TPSA) is 166 Å². The van der Waals surface area contributed by atoms with Crippen molar-refractivity contribution in [3.63, 3.8) is 0 Å². The van der Waals surface area contributed by atoms with E-state index in [1.807, 2.05) is 0 Å². The van der Waals surface area contributed by atoms with Crippen molar-refractivity contribution < 1.29 is 52.1 Å². The molecular formula is C32H28F2N4O10. The van der Waals surface area contributed by atoms with Crippen LogP contribution in [0, 0.1) is 11.6 Å². The molecule has 3 fully saturated rings. The highest BCUT2D eigenvalue weighted by atomic mass is 19.1. The Bertz CT molecular complexity index is 2020. The Kier molecular flexibility index (Phi) is 6.94. The van der Waals surface area contributed by atoms with E-state index in [9.17, 15) is 24.6 Å². The predicted molar refractivity (Wildman–Crippen MR) is 161 cm³/mol. The Morgan fingerprint density at radius 3 is 2.67 bits per heavy atom. The van der Waals surface area contributed by atoms with Crippen LogP contribution in [0.4, 0.5) is 25.0 Å². The molecule has 0 unspecified atom stereocenters. The van der Waals surface area contributed by atoms with E-state index >= 15 is 8.78 Å². The summed E-state index contributed by atoms with van der Waals surface area (Å²) in [6, 6.07) is 5.99. The van der Waals surface area contributed by atoms with Crippen molar-refractivity contribution in [1.29, 1.82) is 0 Å². The maximum absolute atomic E-state index is 15.8. The second-order valence-electron chi connectivity index (χ2n) is 12.4. The van der Waals surface area contributed by atoms with Crippen LogP contribution in [0.5, 0.6) is 17.4 Å². The summed E-state index contributed by atoms with van der Waals surface area (Å²) in [6.07, 6.45) is 2.99. The number of aromatic carboxylic acids is 1. The first-order valence-electron chi connectivity index (χ1n) is 15.3. The van der Waals surface area contributed by atoms with Gasteiger partial charge in [0.2, 0.25) is 5.43 Å². The third kappa shape index (κ3) is 5.12. The van der Waals surface area contributed by atoms with E-state index in [-0.39, 0.29) is 79.5 Å². The van der Waals surface area contributed by atoms with Gasteiger partial charge in [0.15, 0.2) is 29.2 Å². The van der Waals surface area contributed by atoms with Crippen molar-refractivity contribution in [3.8, 4) is 17.4 Å². The van der Waals surface area contributed by atoms with Crippen LogP contribution in [-0.2, 0) is 4.74 Å². The molecule has 2 saturated heterocycles. The zero-order valence-corrected chi connectivity index (χ0v) is 25.1. The minimum absolute atomic E-state index is 0.0243. The number of amides is 1. The minimum atomic E-state index is -1.53. The standard InChI is InChI=1S/C32H28F2N4O10/c33-22-7-17(37-10-19(48-31(37)42)13-44-25-5-6-47-35-25)3-4-24(22)46-15-32(43)9-18-12-45-29-26-20(8-23(34)27(29)38(18)14-32)28(39)21(30(40)41)11-36(26)16-1-2-16/h3-8,11,16,18-19,43H,1-2,9-10,12-15H2,(H,40,41)/t18-,19+,32-/m0/s1. The summed E-state index contributed by atoms with van der Waals surface area (Å²) in [4.78, 5) is 40.1. The number of nitrogens with zero attached hydrogens (tertiary/aromatic N) is 4. The van der Waals surface area contributed by atoms with Gasteiger partial charge in [-0.2, -0.15) is 0 Å². The average molecular weight is 667 g/mol.